The summed E-state index contributed by atoms with van der Waals surface area (Å²) in [6, 6.07) is 9.69. The number of cyclic esters (lactones) is 1. The fraction of sp³-hybridized carbons (Fsp3) is 0.841. The lowest BCUT2D eigenvalue weighted by Gasteiger charge is -2.46. The lowest BCUT2D eigenvalue weighted by atomic mass is 9.79. The van der Waals surface area contributed by atoms with Crippen LogP contribution < -0.4 is 10.6 Å². The summed E-state index contributed by atoms with van der Waals surface area (Å²) >= 11 is 0. The van der Waals surface area contributed by atoms with E-state index < -0.39 is 71.9 Å². The van der Waals surface area contributed by atoms with Crippen LogP contribution >= 0.6 is 0 Å². The summed E-state index contributed by atoms with van der Waals surface area (Å²) in [6.07, 6.45) is 0.0626. The van der Waals surface area contributed by atoms with Gasteiger partial charge in [-0.05, 0) is 132 Å². The number of hydrogen-bond donors (Lipinski definition) is 7. The highest BCUT2D eigenvalue weighted by molar-refractivity contribution is 5.73. The number of carbonyl (C=O) groups is 1. The van der Waals surface area contributed by atoms with Crippen LogP contribution in [-0.4, -0.2) is 154 Å². The average Bonchev–Trinajstić information content (AvgIpc) is 3.17. The Hall–Kier alpha value is -1.75. The number of rotatable bonds is 17. The zero-order valence-electron chi connectivity index (χ0n) is 36.6. The third kappa shape index (κ3) is 14.7. The zero-order valence-corrected chi connectivity index (χ0v) is 36.6. The number of nitrogens with zero attached hydrogens (tertiary/aromatic N) is 2. The molecule has 2 heterocycles. The minimum Gasteiger partial charge on any atom is -0.459 e. The van der Waals surface area contributed by atoms with Gasteiger partial charge in [0, 0.05) is 24.5 Å². The molecule has 1 aromatic rings. The van der Waals surface area contributed by atoms with Crippen molar-refractivity contribution in [3.63, 3.8) is 0 Å². The molecule has 0 amide bonds. The minimum absolute atomic E-state index is 0.222. The predicted molar refractivity (Wildman–Crippen MR) is 223 cm³/mol. The average molecular weight is 809 g/mol. The standard InChI is InChI=1S/C44H80N4O9/c1-10-36-44(7,54)39(51)33(5)48(27-19-25-45-23-16-11-12-17-24-46-29-34-20-14-13-15-21-34)26-18-22-43(6,53)40(31(3)37(49)32(4)41(52)56-36)57-42-38(50)35(47(8)9)28-30(2)55-42/h13-15,20-21,30-33,35-40,42,45-46,49-51,53-54H,10-12,16-19,22-29H2,1-9H3/t30-,31+,32-,33-,35+,36-,37+,38-,39-,40-,42+,43?,44-/m1/s1. The number of aliphatic hydroxyl groups is 5. The second-order valence-electron chi connectivity index (χ2n) is 17.7. The topological polar surface area (TPSA) is 176 Å². The number of benzene rings is 1. The molecule has 330 valence electrons. The fourth-order valence-corrected chi connectivity index (χ4v) is 8.67. The first-order chi connectivity index (χ1) is 26.9. The third-order valence-corrected chi connectivity index (χ3v) is 12.5. The summed E-state index contributed by atoms with van der Waals surface area (Å²) in [4.78, 5) is 17.7. The maximum absolute atomic E-state index is 13.6. The van der Waals surface area contributed by atoms with Gasteiger partial charge in [0.25, 0.3) is 0 Å². The highest BCUT2D eigenvalue weighted by atomic mass is 16.7. The van der Waals surface area contributed by atoms with E-state index in [4.69, 9.17) is 14.2 Å². The first kappa shape index (κ1) is 49.6. The lowest BCUT2D eigenvalue weighted by molar-refractivity contribution is -0.298. The van der Waals surface area contributed by atoms with E-state index in [1.807, 2.05) is 38.9 Å². The van der Waals surface area contributed by atoms with Gasteiger partial charge in [-0.15, -0.1) is 0 Å². The zero-order chi connectivity index (χ0) is 42.3. The highest BCUT2D eigenvalue weighted by Crippen LogP contribution is 2.36. The molecule has 2 fully saturated rings. The Bertz CT molecular complexity index is 1270. The van der Waals surface area contributed by atoms with Gasteiger partial charge in [-0.3, -0.25) is 9.69 Å². The van der Waals surface area contributed by atoms with E-state index in [1.165, 1.54) is 18.9 Å². The van der Waals surface area contributed by atoms with E-state index in [-0.39, 0.29) is 25.0 Å². The number of aliphatic hydroxyl groups excluding tert-OH is 3. The van der Waals surface area contributed by atoms with Gasteiger partial charge in [0.15, 0.2) is 6.29 Å². The Kier molecular flexibility index (Phi) is 20.8. The quantitative estimate of drug-likeness (QED) is 0.0902. The van der Waals surface area contributed by atoms with Crippen LogP contribution in [0.3, 0.4) is 0 Å². The molecule has 1 aromatic carbocycles. The summed E-state index contributed by atoms with van der Waals surface area (Å²) in [7, 11) is 3.78. The third-order valence-electron chi connectivity index (χ3n) is 12.5. The number of esters is 1. The number of carbonyl (C=O) groups excluding carboxylic acids is 1. The monoisotopic (exact) mass is 809 g/mol. The molecule has 13 nitrogen and oxygen atoms in total. The smallest absolute Gasteiger partial charge is 0.311 e. The van der Waals surface area contributed by atoms with Gasteiger partial charge in [0.05, 0.1) is 29.8 Å². The van der Waals surface area contributed by atoms with Crippen LogP contribution in [0.25, 0.3) is 0 Å². The first-order valence-corrected chi connectivity index (χ1v) is 21.8. The fourth-order valence-electron chi connectivity index (χ4n) is 8.67. The van der Waals surface area contributed by atoms with Crippen LogP contribution in [0.2, 0.25) is 0 Å². The second-order valence-corrected chi connectivity index (χ2v) is 17.7. The van der Waals surface area contributed by atoms with Crippen molar-refractivity contribution in [2.75, 3.05) is 46.8 Å². The van der Waals surface area contributed by atoms with Crippen molar-refractivity contribution in [3.05, 3.63) is 35.9 Å². The van der Waals surface area contributed by atoms with Crippen molar-refractivity contribution in [1.29, 1.82) is 0 Å². The highest BCUT2D eigenvalue weighted by Gasteiger charge is 2.49. The van der Waals surface area contributed by atoms with Crippen molar-refractivity contribution >= 4 is 5.97 Å². The Morgan fingerprint density at radius 2 is 1.54 bits per heavy atom. The van der Waals surface area contributed by atoms with Gasteiger partial charge in [-0.1, -0.05) is 57.0 Å². The molecule has 0 aliphatic carbocycles. The minimum atomic E-state index is -1.78. The first-order valence-electron chi connectivity index (χ1n) is 21.8. The van der Waals surface area contributed by atoms with E-state index >= 15 is 0 Å². The molecular weight excluding hydrogens is 729 g/mol. The molecule has 13 atom stereocenters. The van der Waals surface area contributed by atoms with Gasteiger partial charge in [-0.25, -0.2) is 0 Å². The van der Waals surface area contributed by atoms with E-state index in [9.17, 15) is 30.3 Å². The number of likely N-dealkylation sites (N-methyl/N-ethyl adjacent to an activating group) is 1. The molecule has 3 rings (SSSR count). The lowest BCUT2D eigenvalue weighted by Crippen LogP contribution is -2.59. The summed E-state index contributed by atoms with van der Waals surface area (Å²) in [5.41, 5.74) is -1.98. The molecule has 13 heteroatoms. The molecule has 1 unspecified atom stereocenters. The Morgan fingerprint density at radius 1 is 0.912 bits per heavy atom. The van der Waals surface area contributed by atoms with Crippen molar-refractivity contribution in [2.24, 2.45) is 11.8 Å². The molecule has 57 heavy (non-hydrogen) atoms. The second kappa shape index (κ2) is 23.9. The van der Waals surface area contributed by atoms with Gasteiger partial charge in [0.1, 0.15) is 23.9 Å². The molecule has 2 aliphatic heterocycles. The molecule has 0 bridgehead atoms. The van der Waals surface area contributed by atoms with Crippen LogP contribution in [-0.2, 0) is 25.5 Å². The van der Waals surface area contributed by atoms with Crippen molar-refractivity contribution < 1.29 is 44.5 Å². The van der Waals surface area contributed by atoms with Gasteiger partial charge < -0.3 is 55.3 Å². The SMILES string of the molecule is CC[C@H]1OC(=O)[C@H](C)[C@@H](O)[C@H](C)[C@@H](O[C@@H]2O[C@H](C)C[C@H](N(C)C)[C@H]2O)C(C)(O)CCCN(CCCNCCCCCCNCc2ccccc2)[C@H](C)[C@@H](O)[C@]1(C)O. The van der Waals surface area contributed by atoms with Crippen molar-refractivity contribution in [3.8, 4) is 0 Å². The summed E-state index contributed by atoms with van der Waals surface area (Å²) in [6.45, 7) is 16.8. The van der Waals surface area contributed by atoms with Crippen LogP contribution in [0.5, 0.6) is 0 Å². The van der Waals surface area contributed by atoms with Gasteiger partial charge in [0.2, 0.25) is 0 Å². The number of unbranched alkanes of at least 4 members (excludes halogenated alkanes) is 3. The summed E-state index contributed by atoms with van der Waals surface area (Å²) in [5, 5.41) is 65.7. The molecule has 0 radical (unpaired) electrons. The Labute approximate surface area is 343 Å². The van der Waals surface area contributed by atoms with E-state index in [0.29, 0.717) is 25.9 Å². The largest absolute Gasteiger partial charge is 0.459 e. The summed E-state index contributed by atoms with van der Waals surface area (Å²) < 4.78 is 18.4. The molecule has 0 aromatic heterocycles. The Morgan fingerprint density at radius 3 is 2.18 bits per heavy atom. The van der Waals surface area contributed by atoms with Gasteiger partial charge >= 0.3 is 5.97 Å². The molecule has 2 aliphatic rings. The molecular formula is C44H80N4O9. The molecule has 2 saturated heterocycles. The van der Waals surface area contributed by atoms with E-state index in [1.54, 1.807) is 27.7 Å². The van der Waals surface area contributed by atoms with Crippen molar-refractivity contribution in [1.82, 2.24) is 20.4 Å². The Balaban J connectivity index is 1.68. The van der Waals surface area contributed by atoms with Crippen LogP contribution in [0.1, 0.15) is 112 Å². The van der Waals surface area contributed by atoms with Crippen molar-refractivity contribution in [2.45, 2.75) is 179 Å². The van der Waals surface area contributed by atoms with Crippen LogP contribution in [0.15, 0.2) is 30.3 Å². The molecule has 7 N–H and O–H groups in total. The van der Waals surface area contributed by atoms with Crippen LogP contribution in [0.4, 0.5) is 0 Å². The number of nitrogens with one attached hydrogen (secondary N) is 2. The van der Waals surface area contributed by atoms with Gasteiger partial charge in [-0.2, -0.15) is 0 Å². The molecule has 0 saturated carbocycles. The maximum Gasteiger partial charge on any atom is 0.311 e. The maximum atomic E-state index is 13.6. The number of ether oxygens (including phenoxy) is 3. The van der Waals surface area contributed by atoms with E-state index in [2.05, 4.69) is 39.8 Å². The predicted octanol–water partition coefficient (Wildman–Crippen LogP) is 3.43. The van der Waals surface area contributed by atoms with E-state index in [0.717, 1.165) is 51.9 Å². The van der Waals surface area contributed by atoms with Crippen LogP contribution in [0, 0.1) is 11.8 Å². The molecule has 0 spiro atoms. The normalized spacial score (nSPS) is 36.8. The summed E-state index contributed by atoms with van der Waals surface area (Å²) in [5.74, 6) is -2.57. The number of hydrogen-bond acceptors (Lipinski definition) is 13.